The molecule has 0 aliphatic carbocycles. The summed E-state index contributed by atoms with van der Waals surface area (Å²) in [6.45, 7) is 14.8. The quantitative estimate of drug-likeness (QED) is 0.750. The fourth-order valence-electron chi connectivity index (χ4n) is 3.00. The van der Waals surface area contributed by atoms with Crippen LogP contribution < -0.4 is 5.32 Å². The summed E-state index contributed by atoms with van der Waals surface area (Å²) in [5, 5.41) is 3.64. The van der Waals surface area contributed by atoms with Crippen molar-refractivity contribution in [2.45, 2.75) is 60.4 Å². The van der Waals surface area contributed by atoms with Gasteiger partial charge in [-0.25, -0.2) is 0 Å². The normalized spacial score (nSPS) is 15.3. The van der Waals surface area contributed by atoms with Crippen molar-refractivity contribution in [1.29, 1.82) is 0 Å². The van der Waals surface area contributed by atoms with E-state index in [9.17, 15) is 0 Å². The predicted molar refractivity (Wildman–Crippen MR) is 85.4 cm³/mol. The van der Waals surface area contributed by atoms with Crippen molar-refractivity contribution in [2.75, 3.05) is 6.54 Å². The van der Waals surface area contributed by atoms with Crippen LogP contribution in [0.1, 0.15) is 64.6 Å². The Morgan fingerprint density at radius 1 is 1.21 bits per heavy atom. The second-order valence-electron chi connectivity index (χ2n) is 7.13. The number of aryl methyl sites for hydroxylation is 1. The molecule has 0 aliphatic heterocycles. The van der Waals surface area contributed by atoms with Crippen molar-refractivity contribution in [3.05, 3.63) is 35.4 Å². The van der Waals surface area contributed by atoms with E-state index in [1.54, 1.807) is 0 Å². The lowest BCUT2D eigenvalue weighted by molar-refractivity contribution is 0.276. The van der Waals surface area contributed by atoms with E-state index < -0.39 is 0 Å². The number of benzene rings is 1. The van der Waals surface area contributed by atoms with E-state index in [1.807, 2.05) is 0 Å². The van der Waals surface area contributed by atoms with Crippen LogP contribution >= 0.6 is 0 Å². The average molecular weight is 261 g/mol. The van der Waals surface area contributed by atoms with Gasteiger partial charge < -0.3 is 5.32 Å². The zero-order chi connectivity index (χ0) is 14.5. The van der Waals surface area contributed by atoms with E-state index in [1.165, 1.54) is 24.0 Å². The van der Waals surface area contributed by atoms with Gasteiger partial charge in [-0.05, 0) is 43.2 Å². The summed E-state index contributed by atoms with van der Waals surface area (Å²) in [7, 11) is 0. The molecule has 108 valence electrons. The number of hydrogen-bond acceptors (Lipinski definition) is 1. The molecule has 2 unspecified atom stereocenters. The summed E-state index contributed by atoms with van der Waals surface area (Å²) < 4.78 is 0. The molecule has 1 N–H and O–H groups in total. The topological polar surface area (TPSA) is 12.0 Å². The molecule has 1 nitrogen and oxygen atoms in total. The molecule has 0 aliphatic rings. The van der Waals surface area contributed by atoms with Gasteiger partial charge in [0.1, 0.15) is 0 Å². The lowest BCUT2D eigenvalue weighted by atomic mass is 9.82. The van der Waals surface area contributed by atoms with E-state index in [2.05, 4.69) is 71.1 Å². The molecule has 1 heteroatoms. The van der Waals surface area contributed by atoms with Crippen LogP contribution in [0.3, 0.4) is 0 Å². The molecule has 1 aromatic rings. The van der Waals surface area contributed by atoms with Crippen molar-refractivity contribution < 1.29 is 0 Å². The zero-order valence-corrected chi connectivity index (χ0v) is 13.6. The van der Waals surface area contributed by atoms with Crippen molar-refractivity contribution in [2.24, 2.45) is 11.3 Å². The molecule has 0 fully saturated rings. The maximum absolute atomic E-state index is 3.64. The van der Waals surface area contributed by atoms with Gasteiger partial charge in [-0.15, -0.1) is 0 Å². The van der Waals surface area contributed by atoms with Gasteiger partial charge in [0, 0.05) is 6.04 Å². The largest absolute Gasteiger partial charge is 0.310 e. The second kappa shape index (κ2) is 7.09. The first-order chi connectivity index (χ1) is 8.81. The van der Waals surface area contributed by atoms with Gasteiger partial charge in [-0.1, -0.05) is 64.4 Å². The molecule has 0 aromatic heterocycles. The molecular formula is C18H31N. The molecule has 2 atom stereocenters. The van der Waals surface area contributed by atoms with Crippen LogP contribution in [0.5, 0.6) is 0 Å². The minimum Gasteiger partial charge on any atom is -0.310 e. The maximum Gasteiger partial charge on any atom is 0.0322 e. The van der Waals surface area contributed by atoms with E-state index >= 15 is 0 Å². The Morgan fingerprint density at radius 2 is 1.89 bits per heavy atom. The van der Waals surface area contributed by atoms with Crippen LogP contribution in [0.4, 0.5) is 0 Å². The highest BCUT2D eigenvalue weighted by atomic mass is 14.9. The van der Waals surface area contributed by atoms with Crippen molar-refractivity contribution in [3.63, 3.8) is 0 Å². The third kappa shape index (κ3) is 6.24. The average Bonchev–Trinajstić information content (AvgIpc) is 2.26. The Kier molecular flexibility index (Phi) is 6.06. The van der Waals surface area contributed by atoms with Crippen molar-refractivity contribution in [1.82, 2.24) is 5.32 Å². The van der Waals surface area contributed by atoms with Gasteiger partial charge >= 0.3 is 0 Å². The van der Waals surface area contributed by atoms with E-state index in [4.69, 9.17) is 0 Å². The number of nitrogens with one attached hydrogen (secondary N) is 1. The second-order valence-corrected chi connectivity index (χ2v) is 7.13. The lowest BCUT2D eigenvalue weighted by Crippen LogP contribution is -2.24. The Labute approximate surface area is 119 Å². The maximum atomic E-state index is 3.64. The molecule has 0 bridgehead atoms. The van der Waals surface area contributed by atoms with Gasteiger partial charge in [0.05, 0.1) is 0 Å². The summed E-state index contributed by atoms with van der Waals surface area (Å²) in [6.07, 6.45) is 2.50. The third-order valence-corrected chi connectivity index (χ3v) is 3.49. The third-order valence-electron chi connectivity index (χ3n) is 3.49. The molecule has 0 amide bonds. The van der Waals surface area contributed by atoms with Gasteiger partial charge in [0.25, 0.3) is 0 Å². The van der Waals surface area contributed by atoms with Gasteiger partial charge in [-0.3, -0.25) is 0 Å². The van der Waals surface area contributed by atoms with E-state index in [-0.39, 0.29) is 0 Å². The van der Waals surface area contributed by atoms with Crippen molar-refractivity contribution >= 4 is 0 Å². The molecule has 0 saturated heterocycles. The molecule has 1 rings (SSSR count). The van der Waals surface area contributed by atoms with Crippen LogP contribution in [-0.2, 0) is 0 Å². The predicted octanol–water partition coefficient (Wildman–Crippen LogP) is 5.11. The smallest absolute Gasteiger partial charge is 0.0322 e. The Bertz CT molecular complexity index is 376. The highest BCUT2D eigenvalue weighted by molar-refractivity contribution is 5.25. The Morgan fingerprint density at radius 3 is 2.42 bits per heavy atom. The van der Waals surface area contributed by atoms with Gasteiger partial charge in [0.15, 0.2) is 0 Å². The molecule has 0 heterocycles. The molecule has 0 saturated carbocycles. The minimum atomic E-state index is 0.419. The summed E-state index contributed by atoms with van der Waals surface area (Å²) in [6, 6.07) is 9.40. The van der Waals surface area contributed by atoms with Crippen molar-refractivity contribution in [3.8, 4) is 0 Å². The molecular weight excluding hydrogens is 230 g/mol. The highest BCUT2D eigenvalue weighted by Gasteiger charge is 2.19. The van der Waals surface area contributed by atoms with Gasteiger partial charge in [-0.2, -0.15) is 0 Å². The summed E-state index contributed by atoms with van der Waals surface area (Å²) in [5.74, 6) is 0.740. The SMILES string of the molecule is CCNC(CC(C)CC(C)(C)C)c1cccc(C)c1. The standard InChI is InChI=1S/C18H31N/c1-7-19-17(12-15(3)13-18(4,5)6)16-10-8-9-14(2)11-16/h8-11,15,17,19H,7,12-13H2,1-6H3. The van der Waals surface area contributed by atoms with Crippen LogP contribution in [0.25, 0.3) is 0 Å². The highest BCUT2D eigenvalue weighted by Crippen LogP contribution is 2.30. The van der Waals surface area contributed by atoms with Crippen LogP contribution in [-0.4, -0.2) is 6.54 Å². The van der Waals surface area contributed by atoms with Crippen LogP contribution in [0, 0.1) is 18.3 Å². The fraction of sp³-hybridized carbons (Fsp3) is 0.667. The summed E-state index contributed by atoms with van der Waals surface area (Å²) in [4.78, 5) is 0. The zero-order valence-electron chi connectivity index (χ0n) is 13.6. The van der Waals surface area contributed by atoms with Crippen LogP contribution in [0.15, 0.2) is 24.3 Å². The molecule has 19 heavy (non-hydrogen) atoms. The molecule has 1 aromatic carbocycles. The molecule has 0 spiro atoms. The van der Waals surface area contributed by atoms with Gasteiger partial charge in [0.2, 0.25) is 0 Å². The minimum absolute atomic E-state index is 0.419. The molecule has 0 radical (unpaired) electrons. The first-order valence-corrected chi connectivity index (χ1v) is 7.62. The summed E-state index contributed by atoms with van der Waals surface area (Å²) >= 11 is 0. The Hall–Kier alpha value is -0.820. The lowest BCUT2D eigenvalue weighted by Gasteiger charge is -2.27. The monoisotopic (exact) mass is 261 g/mol. The first kappa shape index (κ1) is 16.2. The van der Waals surface area contributed by atoms with E-state index in [0.717, 1.165) is 12.5 Å². The summed E-state index contributed by atoms with van der Waals surface area (Å²) in [5.41, 5.74) is 3.20. The Balaban J connectivity index is 2.73. The van der Waals surface area contributed by atoms with E-state index in [0.29, 0.717) is 11.5 Å². The first-order valence-electron chi connectivity index (χ1n) is 7.62. The van der Waals surface area contributed by atoms with Crippen LogP contribution in [0.2, 0.25) is 0 Å². The number of hydrogen-bond donors (Lipinski definition) is 1. The number of rotatable bonds is 6. The fourth-order valence-corrected chi connectivity index (χ4v) is 3.00.